The van der Waals surface area contributed by atoms with Gasteiger partial charge in [-0.15, -0.1) is 13.2 Å². The molecule has 0 saturated carbocycles. The molecule has 1 aliphatic heterocycles. The Bertz CT molecular complexity index is 281. The quantitative estimate of drug-likeness (QED) is 0.404. The van der Waals surface area contributed by atoms with Crippen molar-refractivity contribution in [2.24, 2.45) is 0 Å². The SMILES string of the molecule is C=CCCOCC(=C)B1OC(C)(C)C(C)(C)O1. The van der Waals surface area contributed by atoms with Crippen molar-refractivity contribution in [2.75, 3.05) is 13.2 Å². The van der Waals surface area contributed by atoms with Crippen LogP contribution in [0.3, 0.4) is 0 Å². The first-order valence-electron chi connectivity index (χ1n) is 6.02. The van der Waals surface area contributed by atoms with Gasteiger partial charge in [-0.25, -0.2) is 0 Å². The van der Waals surface area contributed by atoms with Crippen LogP contribution in [0, 0.1) is 0 Å². The van der Waals surface area contributed by atoms with E-state index in [2.05, 4.69) is 13.2 Å². The summed E-state index contributed by atoms with van der Waals surface area (Å²) in [6.45, 7) is 16.8. The molecule has 0 atom stereocenters. The first kappa shape index (κ1) is 14.5. The van der Waals surface area contributed by atoms with Crippen molar-refractivity contribution < 1.29 is 14.0 Å². The summed E-state index contributed by atoms with van der Waals surface area (Å²) in [6, 6.07) is 0. The van der Waals surface area contributed by atoms with Gasteiger partial charge in [-0.2, -0.15) is 0 Å². The van der Waals surface area contributed by atoms with Crippen LogP contribution in [-0.2, 0) is 14.0 Å². The van der Waals surface area contributed by atoms with Crippen molar-refractivity contribution in [1.29, 1.82) is 0 Å². The zero-order chi connectivity index (χ0) is 13.1. The highest BCUT2D eigenvalue weighted by molar-refractivity contribution is 6.54. The van der Waals surface area contributed by atoms with E-state index in [1.54, 1.807) is 0 Å². The van der Waals surface area contributed by atoms with E-state index in [0.29, 0.717) is 13.2 Å². The first-order chi connectivity index (χ1) is 7.80. The Morgan fingerprint density at radius 1 is 1.24 bits per heavy atom. The van der Waals surface area contributed by atoms with Crippen LogP contribution in [0.1, 0.15) is 34.1 Å². The van der Waals surface area contributed by atoms with Gasteiger partial charge in [0.1, 0.15) is 0 Å². The van der Waals surface area contributed by atoms with Gasteiger partial charge in [0.15, 0.2) is 0 Å². The van der Waals surface area contributed by atoms with E-state index >= 15 is 0 Å². The third-order valence-electron chi connectivity index (χ3n) is 3.34. The highest BCUT2D eigenvalue weighted by Crippen LogP contribution is 2.38. The van der Waals surface area contributed by atoms with Crippen LogP contribution in [-0.4, -0.2) is 31.5 Å². The minimum Gasteiger partial charge on any atom is -0.400 e. The summed E-state index contributed by atoms with van der Waals surface area (Å²) in [5.41, 5.74) is 0.191. The summed E-state index contributed by atoms with van der Waals surface area (Å²) in [6.07, 6.45) is 2.67. The van der Waals surface area contributed by atoms with E-state index in [-0.39, 0.29) is 18.3 Å². The minimum absolute atomic E-state index is 0.318. The van der Waals surface area contributed by atoms with E-state index in [0.717, 1.165) is 11.9 Å². The van der Waals surface area contributed by atoms with E-state index in [1.807, 2.05) is 33.8 Å². The topological polar surface area (TPSA) is 27.7 Å². The van der Waals surface area contributed by atoms with Crippen LogP contribution in [0.5, 0.6) is 0 Å². The van der Waals surface area contributed by atoms with Crippen molar-refractivity contribution in [3.8, 4) is 0 Å². The maximum Gasteiger partial charge on any atom is 0.492 e. The largest absolute Gasteiger partial charge is 0.492 e. The third kappa shape index (κ3) is 3.44. The van der Waals surface area contributed by atoms with E-state index in [4.69, 9.17) is 14.0 Å². The van der Waals surface area contributed by atoms with Crippen molar-refractivity contribution in [1.82, 2.24) is 0 Å². The molecule has 0 aromatic carbocycles. The molecule has 0 spiro atoms. The smallest absolute Gasteiger partial charge is 0.400 e. The zero-order valence-electron chi connectivity index (χ0n) is 11.4. The highest BCUT2D eigenvalue weighted by Gasteiger charge is 2.51. The Kier molecular flexibility index (Phi) is 4.58. The van der Waals surface area contributed by atoms with Crippen LogP contribution < -0.4 is 0 Å². The zero-order valence-corrected chi connectivity index (χ0v) is 11.4. The average Bonchev–Trinajstić information content (AvgIpc) is 2.43. The summed E-state index contributed by atoms with van der Waals surface area (Å²) >= 11 is 0. The maximum absolute atomic E-state index is 5.86. The maximum atomic E-state index is 5.86. The van der Waals surface area contributed by atoms with Crippen LogP contribution in [0.15, 0.2) is 24.7 Å². The third-order valence-corrected chi connectivity index (χ3v) is 3.34. The second-order valence-electron chi connectivity index (χ2n) is 5.38. The first-order valence-corrected chi connectivity index (χ1v) is 6.02. The molecule has 17 heavy (non-hydrogen) atoms. The fourth-order valence-electron chi connectivity index (χ4n) is 1.45. The minimum atomic E-state index is -0.372. The molecule has 4 heteroatoms. The molecule has 0 aliphatic carbocycles. The van der Waals surface area contributed by atoms with Gasteiger partial charge in [0, 0.05) is 0 Å². The molecule has 96 valence electrons. The van der Waals surface area contributed by atoms with Crippen LogP contribution in [0.4, 0.5) is 0 Å². The Labute approximate surface area is 105 Å². The lowest BCUT2D eigenvalue weighted by atomic mass is 9.80. The molecule has 1 fully saturated rings. The Hall–Kier alpha value is -0.575. The normalized spacial score (nSPS) is 21.5. The van der Waals surface area contributed by atoms with Gasteiger partial charge in [-0.05, 0) is 39.6 Å². The number of ether oxygens (including phenoxy) is 1. The second-order valence-corrected chi connectivity index (χ2v) is 5.38. The molecule has 0 aromatic heterocycles. The summed E-state index contributed by atoms with van der Waals surface area (Å²) in [7, 11) is -0.372. The summed E-state index contributed by atoms with van der Waals surface area (Å²) in [4.78, 5) is 0. The molecule has 0 aromatic rings. The molecule has 0 bridgehead atoms. The van der Waals surface area contributed by atoms with E-state index < -0.39 is 0 Å². The van der Waals surface area contributed by atoms with Crippen LogP contribution in [0.2, 0.25) is 0 Å². The molecule has 1 rings (SSSR count). The van der Waals surface area contributed by atoms with Gasteiger partial charge in [-0.1, -0.05) is 6.08 Å². The summed E-state index contributed by atoms with van der Waals surface area (Å²) in [5, 5.41) is 0. The van der Waals surface area contributed by atoms with Gasteiger partial charge >= 0.3 is 7.12 Å². The van der Waals surface area contributed by atoms with Gasteiger partial charge < -0.3 is 14.0 Å². The van der Waals surface area contributed by atoms with Crippen LogP contribution in [0.25, 0.3) is 0 Å². The van der Waals surface area contributed by atoms with Gasteiger partial charge in [-0.3, -0.25) is 0 Å². The standard InChI is InChI=1S/C13H23BO3/c1-7-8-9-15-10-11(2)14-16-12(3,4)13(5,6)17-14/h7H,1-2,8-10H2,3-6H3. The van der Waals surface area contributed by atoms with E-state index in [1.165, 1.54) is 0 Å². The molecule has 1 heterocycles. The monoisotopic (exact) mass is 238 g/mol. The molecule has 1 saturated heterocycles. The van der Waals surface area contributed by atoms with Crippen LogP contribution >= 0.6 is 0 Å². The Morgan fingerprint density at radius 3 is 2.24 bits per heavy atom. The molecular formula is C13H23BO3. The van der Waals surface area contributed by atoms with Crippen molar-refractivity contribution in [2.45, 2.75) is 45.3 Å². The Morgan fingerprint density at radius 2 is 1.76 bits per heavy atom. The number of hydrogen-bond donors (Lipinski definition) is 0. The molecule has 0 radical (unpaired) electrons. The lowest BCUT2D eigenvalue weighted by Crippen LogP contribution is -2.41. The summed E-state index contributed by atoms with van der Waals surface area (Å²) in [5.74, 6) is 0. The Balaban J connectivity index is 2.43. The highest BCUT2D eigenvalue weighted by atomic mass is 16.7. The lowest BCUT2D eigenvalue weighted by Gasteiger charge is -2.32. The molecule has 1 aliphatic rings. The number of rotatable bonds is 6. The molecular weight excluding hydrogens is 215 g/mol. The number of hydrogen-bond acceptors (Lipinski definition) is 3. The van der Waals surface area contributed by atoms with Crippen molar-refractivity contribution in [3.63, 3.8) is 0 Å². The van der Waals surface area contributed by atoms with E-state index in [9.17, 15) is 0 Å². The average molecular weight is 238 g/mol. The second kappa shape index (κ2) is 5.38. The fraction of sp³-hybridized carbons (Fsp3) is 0.692. The molecule has 0 unspecified atom stereocenters. The van der Waals surface area contributed by atoms with Gasteiger partial charge in [0.2, 0.25) is 0 Å². The molecule has 0 amide bonds. The van der Waals surface area contributed by atoms with Crippen molar-refractivity contribution >= 4 is 7.12 Å². The fourth-order valence-corrected chi connectivity index (χ4v) is 1.45. The lowest BCUT2D eigenvalue weighted by molar-refractivity contribution is 0.00578. The summed E-state index contributed by atoms with van der Waals surface area (Å²) < 4.78 is 17.2. The van der Waals surface area contributed by atoms with Gasteiger partial charge in [0.25, 0.3) is 0 Å². The van der Waals surface area contributed by atoms with Gasteiger partial charge in [0.05, 0.1) is 24.4 Å². The van der Waals surface area contributed by atoms with Crippen molar-refractivity contribution in [3.05, 3.63) is 24.7 Å². The predicted molar refractivity (Wildman–Crippen MR) is 70.9 cm³/mol. The molecule has 0 N–H and O–H groups in total. The molecule has 3 nitrogen and oxygen atoms in total. The predicted octanol–water partition coefficient (Wildman–Crippen LogP) is 2.77.